The van der Waals surface area contributed by atoms with Crippen molar-refractivity contribution >= 4 is 17.5 Å². The molecule has 1 fully saturated rings. The van der Waals surface area contributed by atoms with E-state index in [4.69, 9.17) is 0 Å². The highest BCUT2D eigenvalue weighted by Gasteiger charge is 2.20. The van der Waals surface area contributed by atoms with Crippen molar-refractivity contribution < 1.29 is 9.18 Å². The zero-order valence-corrected chi connectivity index (χ0v) is 16.1. The van der Waals surface area contributed by atoms with Crippen LogP contribution in [0.4, 0.5) is 16.0 Å². The van der Waals surface area contributed by atoms with Gasteiger partial charge in [-0.2, -0.15) is 0 Å². The molecule has 3 rings (SSSR count). The second-order valence-corrected chi connectivity index (χ2v) is 7.14. The van der Waals surface area contributed by atoms with Gasteiger partial charge in [-0.05, 0) is 49.8 Å². The summed E-state index contributed by atoms with van der Waals surface area (Å²) in [6.07, 6.45) is 8.24. The summed E-state index contributed by atoms with van der Waals surface area (Å²) in [5.41, 5.74) is 1.31. The minimum atomic E-state index is -0.514. The number of hydrogen-bond donors (Lipinski definition) is 1. The third kappa shape index (κ3) is 4.44. The molecular formula is C22H25FN4O. The first kappa shape index (κ1) is 19.7. The van der Waals surface area contributed by atoms with Gasteiger partial charge in [0.1, 0.15) is 5.69 Å². The van der Waals surface area contributed by atoms with Crippen LogP contribution in [0.3, 0.4) is 0 Å². The third-order valence-electron chi connectivity index (χ3n) is 5.09. The maximum Gasteiger partial charge on any atom is 0.254 e. The lowest BCUT2D eigenvalue weighted by Gasteiger charge is -2.27. The summed E-state index contributed by atoms with van der Waals surface area (Å²) in [5, 5.41) is 3.33. The third-order valence-corrected chi connectivity index (χ3v) is 5.09. The molecule has 1 N–H and O–H groups in total. The van der Waals surface area contributed by atoms with Gasteiger partial charge in [0.15, 0.2) is 5.82 Å². The Labute approximate surface area is 165 Å². The molecule has 1 heterocycles. The van der Waals surface area contributed by atoms with Crippen molar-refractivity contribution in [2.45, 2.75) is 38.6 Å². The van der Waals surface area contributed by atoms with Crippen molar-refractivity contribution in [2.75, 3.05) is 10.2 Å². The van der Waals surface area contributed by atoms with Crippen molar-refractivity contribution in [3.05, 3.63) is 61.7 Å². The molecule has 0 saturated heterocycles. The molecule has 146 valence electrons. The molecule has 6 heteroatoms. The molecule has 1 aliphatic rings. The molecule has 0 bridgehead atoms. The number of rotatable bonds is 6. The van der Waals surface area contributed by atoms with Crippen molar-refractivity contribution in [1.82, 2.24) is 9.97 Å². The zero-order valence-electron chi connectivity index (χ0n) is 16.1. The Balaban J connectivity index is 1.87. The minimum absolute atomic E-state index is 0.193. The largest absolute Gasteiger partial charge is 0.351 e. The topological polar surface area (TPSA) is 58.1 Å². The van der Waals surface area contributed by atoms with E-state index in [1.54, 1.807) is 24.3 Å². The van der Waals surface area contributed by atoms with Crippen molar-refractivity contribution in [3.8, 4) is 11.3 Å². The van der Waals surface area contributed by atoms with Gasteiger partial charge in [0, 0.05) is 23.5 Å². The van der Waals surface area contributed by atoms with E-state index in [1.807, 2.05) is 0 Å². The number of anilines is 2. The highest BCUT2D eigenvalue weighted by molar-refractivity contribution is 6.02. The van der Waals surface area contributed by atoms with Crippen molar-refractivity contribution in [3.63, 3.8) is 0 Å². The van der Waals surface area contributed by atoms with E-state index in [0.29, 0.717) is 23.2 Å². The Bertz CT molecular complexity index is 875. The maximum absolute atomic E-state index is 14.5. The van der Waals surface area contributed by atoms with Gasteiger partial charge in [-0.3, -0.25) is 9.69 Å². The van der Waals surface area contributed by atoms with E-state index in [2.05, 4.69) is 35.4 Å². The number of halogens is 1. The number of nitrogens with one attached hydrogen (secondary N) is 1. The van der Waals surface area contributed by atoms with Gasteiger partial charge in [-0.15, -0.1) is 0 Å². The molecule has 1 aromatic heterocycles. The molecule has 1 saturated carbocycles. The Morgan fingerprint density at radius 1 is 1.29 bits per heavy atom. The van der Waals surface area contributed by atoms with E-state index in [9.17, 15) is 9.18 Å². The van der Waals surface area contributed by atoms with Crippen LogP contribution in [0.15, 0.2) is 55.9 Å². The fourth-order valence-electron chi connectivity index (χ4n) is 3.45. The van der Waals surface area contributed by atoms with Crippen LogP contribution < -0.4 is 10.2 Å². The normalized spacial score (nSPS) is 18.9. The molecule has 0 aliphatic heterocycles. The number of hydrogen-bond acceptors (Lipinski definition) is 4. The fourth-order valence-corrected chi connectivity index (χ4v) is 3.45. The Kier molecular flexibility index (Phi) is 6.19. The molecule has 1 aromatic carbocycles. The quantitative estimate of drug-likeness (QED) is 0.722. The lowest BCUT2D eigenvalue weighted by molar-refractivity contribution is -0.113. The smallest absolute Gasteiger partial charge is 0.254 e. The lowest BCUT2D eigenvalue weighted by Crippen LogP contribution is -2.26. The number of carbonyl (C=O) groups is 1. The molecular weight excluding hydrogens is 355 g/mol. The molecule has 1 amide bonds. The average Bonchev–Trinajstić information content (AvgIpc) is 2.71. The van der Waals surface area contributed by atoms with E-state index in [1.165, 1.54) is 36.2 Å². The fraction of sp³-hybridized carbons (Fsp3) is 0.318. The first-order chi connectivity index (χ1) is 13.5. The van der Waals surface area contributed by atoms with Gasteiger partial charge < -0.3 is 5.32 Å². The van der Waals surface area contributed by atoms with Crippen LogP contribution in [0.2, 0.25) is 0 Å². The Morgan fingerprint density at radius 2 is 2.04 bits per heavy atom. The lowest BCUT2D eigenvalue weighted by atomic mass is 9.87. The zero-order chi connectivity index (χ0) is 20.1. The number of aromatic nitrogens is 2. The predicted octanol–water partition coefficient (Wildman–Crippen LogP) is 4.94. The van der Waals surface area contributed by atoms with Crippen LogP contribution in [-0.2, 0) is 4.79 Å². The van der Waals surface area contributed by atoms with E-state index >= 15 is 0 Å². The number of amides is 1. The van der Waals surface area contributed by atoms with Gasteiger partial charge in [0.05, 0.1) is 6.20 Å². The SMILES string of the molecule is C=CC(=O)N(C=C)c1cccc(-c2nc(NC3CCC(C)CC3)ncc2F)c1. The van der Waals surface area contributed by atoms with Crippen LogP contribution in [0.25, 0.3) is 11.3 Å². The molecule has 0 unspecified atom stereocenters. The summed E-state index contributed by atoms with van der Waals surface area (Å²) >= 11 is 0. The second kappa shape index (κ2) is 8.78. The Hall–Kier alpha value is -3.02. The summed E-state index contributed by atoms with van der Waals surface area (Å²) < 4.78 is 14.5. The number of benzene rings is 1. The molecule has 5 nitrogen and oxygen atoms in total. The first-order valence-electron chi connectivity index (χ1n) is 9.49. The van der Waals surface area contributed by atoms with Crippen LogP contribution >= 0.6 is 0 Å². The van der Waals surface area contributed by atoms with Crippen LogP contribution in [0, 0.1) is 11.7 Å². The molecule has 28 heavy (non-hydrogen) atoms. The maximum atomic E-state index is 14.5. The van der Waals surface area contributed by atoms with E-state index in [0.717, 1.165) is 18.8 Å². The molecule has 0 radical (unpaired) electrons. The highest BCUT2D eigenvalue weighted by atomic mass is 19.1. The summed E-state index contributed by atoms with van der Waals surface area (Å²) in [4.78, 5) is 21.8. The molecule has 0 spiro atoms. The summed E-state index contributed by atoms with van der Waals surface area (Å²) in [7, 11) is 0. The monoisotopic (exact) mass is 380 g/mol. The van der Waals surface area contributed by atoms with E-state index in [-0.39, 0.29) is 11.6 Å². The Morgan fingerprint density at radius 3 is 2.71 bits per heavy atom. The molecule has 0 atom stereocenters. The summed E-state index contributed by atoms with van der Waals surface area (Å²) in [6, 6.07) is 7.24. The van der Waals surface area contributed by atoms with Gasteiger partial charge in [0.2, 0.25) is 5.95 Å². The highest BCUT2D eigenvalue weighted by Crippen LogP contribution is 2.28. The van der Waals surface area contributed by atoms with Gasteiger partial charge in [-0.25, -0.2) is 14.4 Å². The minimum Gasteiger partial charge on any atom is -0.351 e. The predicted molar refractivity (Wildman–Crippen MR) is 110 cm³/mol. The number of nitrogens with zero attached hydrogens (tertiary/aromatic N) is 3. The number of carbonyl (C=O) groups excluding carboxylic acids is 1. The molecule has 1 aliphatic carbocycles. The van der Waals surface area contributed by atoms with Crippen molar-refractivity contribution in [1.29, 1.82) is 0 Å². The van der Waals surface area contributed by atoms with Crippen LogP contribution in [-0.4, -0.2) is 21.9 Å². The van der Waals surface area contributed by atoms with E-state index < -0.39 is 5.82 Å². The van der Waals surface area contributed by atoms with Gasteiger partial charge >= 0.3 is 0 Å². The molecule has 2 aromatic rings. The van der Waals surface area contributed by atoms with Crippen LogP contribution in [0.1, 0.15) is 32.6 Å². The summed E-state index contributed by atoms with van der Waals surface area (Å²) in [6.45, 7) is 9.42. The van der Waals surface area contributed by atoms with Crippen LogP contribution in [0.5, 0.6) is 0 Å². The first-order valence-corrected chi connectivity index (χ1v) is 9.49. The second-order valence-electron chi connectivity index (χ2n) is 7.14. The summed E-state index contributed by atoms with van der Waals surface area (Å²) in [5.74, 6) is 0.338. The van der Waals surface area contributed by atoms with Gasteiger partial charge in [0.25, 0.3) is 5.91 Å². The van der Waals surface area contributed by atoms with Crippen molar-refractivity contribution in [2.24, 2.45) is 5.92 Å². The van der Waals surface area contributed by atoms with Gasteiger partial charge in [-0.1, -0.05) is 32.2 Å². The standard InChI is InChI=1S/C22H25FN4O/c1-4-20(28)27(5-2)18-8-6-7-16(13-18)21-19(23)14-24-22(26-21)25-17-11-9-15(3)10-12-17/h4-8,13-15,17H,1-2,9-12H2,3H3,(H,24,25,26). The average molecular weight is 380 g/mol.